The average Bonchev–Trinajstić information content (AvgIpc) is 3.29. The average molecular weight is 404 g/mol. The highest BCUT2D eigenvalue weighted by Crippen LogP contribution is 2.29. The molecule has 4 aromatic rings. The Balaban J connectivity index is 1.59. The third kappa shape index (κ3) is 3.89. The number of nitrogens with one attached hydrogen (secondary N) is 1. The molecule has 0 fully saturated rings. The van der Waals surface area contributed by atoms with E-state index in [-0.39, 0.29) is 11.7 Å². The monoisotopic (exact) mass is 404 g/mol. The number of hydrogen-bond donors (Lipinski definition) is 1. The van der Waals surface area contributed by atoms with E-state index in [2.05, 4.69) is 16.5 Å². The van der Waals surface area contributed by atoms with E-state index in [1.54, 1.807) is 6.07 Å². The molecule has 5 nitrogen and oxygen atoms in total. The molecule has 0 saturated carbocycles. The Morgan fingerprint density at radius 3 is 2.66 bits per heavy atom. The number of aromatic nitrogens is 2. The summed E-state index contributed by atoms with van der Waals surface area (Å²) in [5.41, 5.74) is 2.51. The first-order valence-corrected chi connectivity index (χ1v) is 9.83. The highest BCUT2D eigenvalue weighted by molar-refractivity contribution is 7.20. The molecule has 0 aliphatic rings. The Hall–Kier alpha value is -3.50. The number of carbonyl (C=O) groups is 1. The van der Waals surface area contributed by atoms with E-state index in [1.807, 2.05) is 41.9 Å². The van der Waals surface area contributed by atoms with E-state index in [0.29, 0.717) is 17.0 Å². The molecule has 4 rings (SSSR count). The van der Waals surface area contributed by atoms with Crippen LogP contribution in [0.15, 0.2) is 60.7 Å². The molecule has 0 saturated heterocycles. The molecule has 1 atom stereocenters. The van der Waals surface area contributed by atoms with Crippen molar-refractivity contribution in [3.8, 4) is 6.07 Å². The zero-order valence-electron chi connectivity index (χ0n) is 15.6. The van der Waals surface area contributed by atoms with Crippen molar-refractivity contribution in [2.24, 2.45) is 0 Å². The van der Waals surface area contributed by atoms with Gasteiger partial charge < -0.3 is 5.32 Å². The van der Waals surface area contributed by atoms with Gasteiger partial charge in [-0.1, -0.05) is 42.5 Å². The van der Waals surface area contributed by atoms with Crippen LogP contribution in [0.2, 0.25) is 0 Å². The van der Waals surface area contributed by atoms with Gasteiger partial charge in [-0.25, -0.2) is 4.39 Å². The number of rotatable bonds is 5. The van der Waals surface area contributed by atoms with Gasteiger partial charge in [0, 0.05) is 5.39 Å². The molecule has 1 amide bonds. The highest BCUT2D eigenvalue weighted by atomic mass is 32.1. The Morgan fingerprint density at radius 1 is 1.24 bits per heavy atom. The fourth-order valence-corrected chi connectivity index (χ4v) is 4.20. The van der Waals surface area contributed by atoms with E-state index in [1.165, 1.54) is 35.6 Å². The third-order valence-corrected chi connectivity index (χ3v) is 5.76. The molecule has 2 aromatic heterocycles. The third-order valence-electron chi connectivity index (χ3n) is 4.61. The van der Waals surface area contributed by atoms with Crippen LogP contribution in [0.4, 0.5) is 4.39 Å². The summed E-state index contributed by atoms with van der Waals surface area (Å²) in [5, 5.41) is 17.7. The van der Waals surface area contributed by atoms with Crippen molar-refractivity contribution in [1.29, 1.82) is 5.26 Å². The number of hydrogen-bond acceptors (Lipinski definition) is 4. The predicted octanol–water partition coefficient (Wildman–Crippen LogP) is 4.59. The van der Waals surface area contributed by atoms with Gasteiger partial charge in [-0.2, -0.15) is 10.4 Å². The lowest BCUT2D eigenvalue weighted by Gasteiger charge is -2.11. The Labute approximate surface area is 171 Å². The van der Waals surface area contributed by atoms with Gasteiger partial charge in [0.2, 0.25) is 0 Å². The summed E-state index contributed by atoms with van der Waals surface area (Å²) >= 11 is 1.34. The van der Waals surface area contributed by atoms with Gasteiger partial charge in [0.05, 0.1) is 23.2 Å². The fraction of sp³-hybridized carbons (Fsp3) is 0.136. The molecule has 0 aliphatic heterocycles. The maximum absolute atomic E-state index is 13.1. The minimum absolute atomic E-state index is 0.340. The van der Waals surface area contributed by atoms with Crippen molar-refractivity contribution in [2.75, 3.05) is 0 Å². The second-order valence-electron chi connectivity index (χ2n) is 6.65. The van der Waals surface area contributed by atoms with Crippen LogP contribution < -0.4 is 5.32 Å². The lowest BCUT2D eigenvalue weighted by Crippen LogP contribution is -2.26. The van der Waals surface area contributed by atoms with Gasteiger partial charge in [-0.3, -0.25) is 9.48 Å². The van der Waals surface area contributed by atoms with Crippen LogP contribution in [-0.2, 0) is 6.54 Å². The van der Waals surface area contributed by atoms with Crippen molar-refractivity contribution in [3.63, 3.8) is 0 Å². The number of nitriles is 1. The van der Waals surface area contributed by atoms with Gasteiger partial charge in [0.15, 0.2) is 0 Å². The number of carbonyl (C=O) groups excluding carboxylic acids is 1. The van der Waals surface area contributed by atoms with Crippen molar-refractivity contribution < 1.29 is 9.18 Å². The van der Waals surface area contributed by atoms with Gasteiger partial charge >= 0.3 is 0 Å². The molecule has 144 valence electrons. The Morgan fingerprint density at radius 2 is 1.97 bits per heavy atom. The van der Waals surface area contributed by atoms with Crippen LogP contribution in [-0.4, -0.2) is 15.7 Å². The van der Waals surface area contributed by atoms with Gasteiger partial charge in [-0.15, -0.1) is 11.3 Å². The summed E-state index contributed by atoms with van der Waals surface area (Å²) in [4.78, 5) is 14.2. The number of halogens is 1. The number of benzene rings is 2. The molecular formula is C22H17FN4OS. The Kier molecular flexibility index (Phi) is 5.10. The molecule has 7 heteroatoms. The number of amides is 1. The van der Waals surface area contributed by atoms with Crippen LogP contribution in [0.3, 0.4) is 0 Å². The van der Waals surface area contributed by atoms with Gasteiger partial charge in [0.25, 0.3) is 5.91 Å². The summed E-state index contributed by atoms with van der Waals surface area (Å²) in [6, 6.07) is 18.5. The molecule has 1 N–H and O–H groups in total. The standard InChI is InChI=1S/C22H17FN4OS/c1-14-18-11-20(21(28)25-19(12-24)16-7-9-17(23)10-8-16)29-22(18)27(26-14)13-15-5-3-2-4-6-15/h2-11,19H,13H2,1H3,(H,25,28)/t19-/m1/s1. The maximum Gasteiger partial charge on any atom is 0.262 e. The van der Waals surface area contributed by atoms with Gasteiger partial charge in [0.1, 0.15) is 16.7 Å². The second kappa shape index (κ2) is 7.86. The highest BCUT2D eigenvalue weighted by Gasteiger charge is 2.20. The van der Waals surface area contributed by atoms with Crippen LogP contribution in [0.1, 0.15) is 32.5 Å². The summed E-state index contributed by atoms with van der Waals surface area (Å²) in [6.07, 6.45) is 0. The SMILES string of the molecule is Cc1nn(Cc2ccccc2)c2sc(C(=O)N[C@H](C#N)c3ccc(F)cc3)cc12. The summed E-state index contributed by atoms with van der Waals surface area (Å²) < 4.78 is 15.0. The molecule has 29 heavy (non-hydrogen) atoms. The lowest BCUT2D eigenvalue weighted by atomic mass is 10.1. The zero-order valence-corrected chi connectivity index (χ0v) is 16.4. The maximum atomic E-state index is 13.1. The zero-order chi connectivity index (χ0) is 20.4. The largest absolute Gasteiger partial charge is 0.332 e. The van der Waals surface area contributed by atoms with Crippen LogP contribution in [0.25, 0.3) is 10.2 Å². The number of aryl methyl sites for hydroxylation is 1. The topological polar surface area (TPSA) is 70.7 Å². The van der Waals surface area contributed by atoms with Crippen molar-refractivity contribution in [3.05, 3.63) is 88.2 Å². The molecule has 2 heterocycles. The van der Waals surface area contributed by atoms with Crippen LogP contribution >= 0.6 is 11.3 Å². The summed E-state index contributed by atoms with van der Waals surface area (Å²) in [6.45, 7) is 2.53. The number of fused-ring (bicyclic) bond motifs is 1. The molecule has 0 bridgehead atoms. The first kappa shape index (κ1) is 18.8. The number of nitrogens with zero attached hydrogens (tertiary/aromatic N) is 3. The van der Waals surface area contributed by atoms with E-state index in [4.69, 9.17) is 0 Å². The molecule has 0 unspecified atom stereocenters. The normalized spacial score (nSPS) is 11.9. The van der Waals surface area contributed by atoms with Crippen molar-refractivity contribution in [2.45, 2.75) is 19.5 Å². The van der Waals surface area contributed by atoms with Gasteiger partial charge in [-0.05, 0) is 36.2 Å². The molecule has 0 spiro atoms. The second-order valence-corrected chi connectivity index (χ2v) is 7.68. The fourth-order valence-electron chi connectivity index (χ4n) is 3.14. The minimum atomic E-state index is -0.852. The predicted molar refractivity (Wildman–Crippen MR) is 110 cm³/mol. The van der Waals surface area contributed by atoms with E-state index in [0.717, 1.165) is 21.5 Å². The van der Waals surface area contributed by atoms with Crippen molar-refractivity contribution in [1.82, 2.24) is 15.1 Å². The summed E-state index contributed by atoms with van der Waals surface area (Å²) in [7, 11) is 0. The van der Waals surface area contributed by atoms with Crippen LogP contribution in [0, 0.1) is 24.1 Å². The summed E-state index contributed by atoms with van der Waals surface area (Å²) in [5.74, 6) is -0.729. The molecule has 0 aliphatic carbocycles. The van der Waals surface area contributed by atoms with Crippen LogP contribution in [0.5, 0.6) is 0 Å². The van der Waals surface area contributed by atoms with E-state index < -0.39 is 6.04 Å². The smallest absolute Gasteiger partial charge is 0.262 e. The lowest BCUT2D eigenvalue weighted by molar-refractivity contribution is 0.0949. The minimum Gasteiger partial charge on any atom is -0.332 e. The first-order valence-electron chi connectivity index (χ1n) is 9.02. The first-order chi connectivity index (χ1) is 14.0. The molecule has 0 radical (unpaired) electrons. The van der Waals surface area contributed by atoms with E-state index >= 15 is 0 Å². The molecular weight excluding hydrogens is 387 g/mol. The molecule has 2 aromatic carbocycles. The Bertz CT molecular complexity index is 1210. The van der Waals surface area contributed by atoms with E-state index in [9.17, 15) is 14.4 Å². The number of thiophene rings is 1. The van der Waals surface area contributed by atoms with Crippen molar-refractivity contribution >= 4 is 27.5 Å². The quantitative estimate of drug-likeness (QED) is 0.529.